The molecule has 6 nitrogen and oxygen atoms in total. The van der Waals surface area contributed by atoms with E-state index in [2.05, 4.69) is 39.4 Å². The van der Waals surface area contributed by atoms with E-state index in [4.69, 9.17) is 0 Å². The molecule has 1 aliphatic rings. The maximum Gasteiger partial charge on any atom is 0.163 e. The highest BCUT2D eigenvalue weighted by atomic mass is 16.3. The van der Waals surface area contributed by atoms with Gasteiger partial charge >= 0.3 is 0 Å². The average Bonchev–Trinajstić information content (AvgIpc) is 3.09. The van der Waals surface area contributed by atoms with Crippen molar-refractivity contribution in [1.82, 2.24) is 19.7 Å². The lowest BCUT2D eigenvalue weighted by Crippen LogP contribution is -2.22. The molecular formula is C18H21N5O. The van der Waals surface area contributed by atoms with Gasteiger partial charge in [-0.15, -0.1) is 0 Å². The van der Waals surface area contributed by atoms with Gasteiger partial charge in [0.1, 0.15) is 11.6 Å². The van der Waals surface area contributed by atoms with E-state index in [0.717, 1.165) is 41.1 Å². The number of rotatable bonds is 4. The molecule has 6 heteroatoms. The zero-order valence-corrected chi connectivity index (χ0v) is 13.9. The number of benzene rings is 1. The van der Waals surface area contributed by atoms with Gasteiger partial charge < -0.3 is 10.4 Å². The third kappa shape index (κ3) is 2.43. The summed E-state index contributed by atoms with van der Waals surface area (Å²) in [5, 5.41) is 19.1. The molecule has 24 heavy (non-hydrogen) atoms. The Balaban J connectivity index is 1.77. The first-order valence-electron chi connectivity index (χ1n) is 8.38. The third-order valence-electron chi connectivity index (χ3n) is 4.61. The molecule has 124 valence electrons. The number of fused-ring (bicyclic) bond motifs is 2. The van der Waals surface area contributed by atoms with Gasteiger partial charge in [-0.1, -0.05) is 31.2 Å². The molecule has 2 atom stereocenters. The molecule has 0 saturated carbocycles. The second-order valence-corrected chi connectivity index (χ2v) is 6.34. The highest BCUT2D eigenvalue weighted by Crippen LogP contribution is 2.35. The lowest BCUT2D eigenvalue weighted by Gasteiger charge is -2.19. The summed E-state index contributed by atoms with van der Waals surface area (Å²) in [7, 11) is 1.88. The monoisotopic (exact) mass is 323 g/mol. The van der Waals surface area contributed by atoms with Crippen molar-refractivity contribution in [2.24, 2.45) is 7.05 Å². The van der Waals surface area contributed by atoms with Gasteiger partial charge in [-0.05, 0) is 17.5 Å². The largest absolute Gasteiger partial charge is 0.390 e. The molecule has 2 heterocycles. The Morgan fingerprint density at radius 2 is 2.12 bits per heavy atom. The SMILES string of the molecule is CCCc1nc(N[C@@H]2c3ccccc3C[C@@H]2O)c2cnn(C)c2n1. The predicted molar refractivity (Wildman–Crippen MR) is 92.8 cm³/mol. The van der Waals surface area contributed by atoms with Gasteiger partial charge in [0.05, 0.1) is 23.7 Å². The zero-order chi connectivity index (χ0) is 16.7. The Kier molecular flexibility index (Phi) is 3.69. The fourth-order valence-corrected chi connectivity index (χ4v) is 3.41. The summed E-state index contributed by atoms with van der Waals surface area (Å²) in [4.78, 5) is 9.30. The fraction of sp³-hybridized carbons (Fsp3) is 0.389. The molecule has 0 unspecified atom stereocenters. The van der Waals surface area contributed by atoms with Gasteiger partial charge in [-0.3, -0.25) is 4.68 Å². The molecule has 0 spiro atoms. The molecule has 3 aromatic rings. The van der Waals surface area contributed by atoms with Crippen molar-refractivity contribution >= 4 is 16.9 Å². The molecule has 0 aliphatic heterocycles. The number of hydrogen-bond acceptors (Lipinski definition) is 5. The van der Waals surface area contributed by atoms with Crippen molar-refractivity contribution < 1.29 is 5.11 Å². The molecule has 0 radical (unpaired) electrons. The minimum absolute atomic E-state index is 0.158. The van der Waals surface area contributed by atoms with Crippen LogP contribution in [-0.4, -0.2) is 31.0 Å². The fourth-order valence-electron chi connectivity index (χ4n) is 3.41. The van der Waals surface area contributed by atoms with Gasteiger partial charge in [0, 0.05) is 19.9 Å². The van der Waals surface area contributed by atoms with Crippen molar-refractivity contribution in [3.63, 3.8) is 0 Å². The number of aromatic nitrogens is 4. The molecule has 0 saturated heterocycles. The first kappa shape index (κ1) is 15.1. The minimum atomic E-state index is -0.460. The van der Waals surface area contributed by atoms with Gasteiger partial charge in [-0.25, -0.2) is 9.97 Å². The molecule has 0 bridgehead atoms. The summed E-state index contributed by atoms with van der Waals surface area (Å²) in [6.07, 6.45) is 3.79. The zero-order valence-electron chi connectivity index (χ0n) is 13.9. The number of hydrogen-bond donors (Lipinski definition) is 2. The van der Waals surface area contributed by atoms with E-state index in [1.807, 2.05) is 19.2 Å². The van der Waals surface area contributed by atoms with Gasteiger partial charge in [0.2, 0.25) is 0 Å². The Morgan fingerprint density at radius 1 is 1.29 bits per heavy atom. The number of aryl methyl sites for hydroxylation is 2. The van der Waals surface area contributed by atoms with E-state index < -0.39 is 6.10 Å². The van der Waals surface area contributed by atoms with Crippen LogP contribution in [0.25, 0.3) is 11.0 Å². The Hall–Kier alpha value is -2.47. The predicted octanol–water partition coefficient (Wildman–Crippen LogP) is 2.39. The van der Waals surface area contributed by atoms with Crippen LogP contribution in [0.3, 0.4) is 0 Å². The Morgan fingerprint density at radius 3 is 2.96 bits per heavy atom. The summed E-state index contributed by atoms with van der Waals surface area (Å²) < 4.78 is 1.76. The van der Waals surface area contributed by atoms with E-state index >= 15 is 0 Å². The van der Waals surface area contributed by atoms with Crippen LogP contribution in [0.4, 0.5) is 5.82 Å². The quantitative estimate of drug-likeness (QED) is 0.771. The first-order chi connectivity index (χ1) is 11.7. The number of aliphatic hydroxyl groups is 1. The van der Waals surface area contributed by atoms with Crippen LogP contribution in [0, 0.1) is 0 Å². The minimum Gasteiger partial charge on any atom is -0.390 e. The van der Waals surface area contributed by atoms with E-state index in [1.54, 1.807) is 10.9 Å². The average molecular weight is 323 g/mol. The second kappa shape index (κ2) is 5.87. The van der Waals surface area contributed by atoms with Crippen LogP contribution in [0.1, 0.15) is 36.3 Å². The summed E-state index contributed by atoms with van der Waals surface area (Å²) in [5.41, 5.74) is 3.14. The molecule has 0 amide bonds. The lowest BCUT2D eigenvalue weighted by molar-refractivity contribution is 0.165. The highest BCUT2D eigenvalue weighted by molar-refractivity contribution is 5.86. The van der Waals surface area contributed by atoms with Gasteiger partial charge in [0.15, 0.2) is 5.65 Å². The highest BCUT2D eigenvalue weighted by Gasteiger charge is 2.31. The smallest absolute Gasteiger partial charge is 0.163 e. The Labute approximate surface area is 140 Å². The van der Waals surface area contributed by atoms with E-state index in [0.29, 0.717) is 6.42 Å². The molecular weight excluding hydrogens is 302 g/mol. The van der Waals surface area contributed by atoms with Gasteiger partial charge in [-0.2, -0.15) is 5.10 Å². The normalized spacial score (nSPS) is 19.6. The van der Waals surface area contributed by atoms with E-state index in [1.165, 1.54) is 5.56 Å². The molecule has 0 fully saturated rings. The number of nitrogens with zero attached hydrogens (tertiary/aromatic N) is 4. The van der Waals surface area contributed by atoms with E-state index in [-0.39, 0.29) is 6.04 Å². The van der Waals surface area contributed by atoms with Crippen molar-refractivity contribution in [3.8, 4) is 0 Å². The van der Waals surface area contributed by atoms with Crippen molar-refractivity contribution in [3.05, 3.63) is 47.4 Å². The van der Waals surface area contributed by atoms with Crippen molar-refractivity contribution in [2.45, 2.75) is 38.3 Å². The molecule has 1 aliphatic carbocycles. The molecule has 2 N–H and O–H groups in total. The number of aliphatic hydroxyl groups excluding tert-OH is 1. The molecule has 2 aromatic heterocycles. The van der Waals surface area contributed by atoms with E-state index in [9.17, 15) is 5.11 Å². The maximum atomic E-state index is 10.5. The summed E-state index contributed by atoms with van der Waals surface area (Å²) in [6, 6.07) is 8.00. The maximum absolute atomic E-state index is 10.5. The van der Waals surface area contributed by atoms with Crippen LogP contribution >= 0.6 is 0 Å². The second-order valence-electron chi connectivity index (χ2n) is 6.34. The molecule has 1 aromatic carbocycles. The number of anilines is 1. The van der Waals surface area contributed by atoms with Crippen LogP contribution in [0.15, 0.2) is 30.5 Å². The standard InChI is InChI=1S/C18H21N5O/c1-3-6-15-20-17(13-10-19-23(2)18(13)21-15)22-16-12-8-5-4-7-11(12)9-14(16)24/h4-5,7-8,10,14,16,24H,3,6,9H2,1-2H3,(H,20,21,22)/t14-,16+/m0/s1. The summed E-state index contributed by atoms with van der Waals surface area (Å²) in [6.45, 7) is 2.11. The summed E-state index contributed by atoms with van der Waals surface area (Å²) >= 11 is 0. The van der Waals surface area contributed by atoms with Crippen molar-refractivity contribution in [1.29, 1.82) is 0 Å². The van der Waals surface area contributed by atoms with Crippen LogP contribution in [0.5, 0.6) is 0 Å². The van der Waals surface area contributed by atoms with Gasteiger partial charge in [0.25, 0.3) is 0 Å². The lowest BCUT2D eigenvalue weighted by atomic mass is 10.1. The van der Waals surface area contributed by atoms with Crippen LogP contribution in [0.2, 0.25) is 0 Å². The van der Waals surface area contributed by atoms with Crippen LogP contribution < -0.4 is 5.32 Å². The summed E-state index contributed by atoms with van der Waals surface area (Å²) in [5.74, 6) is 1.55. The first-order valence-corrected chi connectivity index (χ1v) is 8.38. The molecule has 4 rings (SSSR count). The third-order valence-corrected chi connectivity index (χ3v) is 4.61. The van der Waals surface area contributed by atoms with Crippen LogP contribution in [-0.2, 0) is 19.9 Å². The Bertz CT molecular complexity index is 888. The van der Waals surface area contributed by atoms with Crippen molar-refractivity contribution in [2.75, 3.05) is 5.32 Å². The number of nitrogens with one attached hydrogen (secondary N) is 1. The topological polar surface area (TPSA) is 75.9 Å².